The van der Waals surface area contributed by atoms with Gasteiger partial charge in [-0.05, 0) is 227 Å². The van der Waals surface area contributed by atoms with E-state index in [1.54, 1.807) is 55.1 Å². The highest BCUT2D eigenvalue weighted by Gasteiger charge is 2.50. The Bertz CT molecular complexity index is 6600. The number of carbonyl (C=O) groups is 4. The van der Waals surface area contributed by atoms with Gasteiger partial charge in [0.05, 0.1) is 24.5 Å². The topological polar surface area (TPSA) is 266 Å². The van der Waals surface area contributed by atoms with Crippen LogP contribution in [0.1, 0.15) is 150 Å². The number of nitrogens with zero attached hydrogens (tertiary/aromatic N) is 13. The first kappa shape index (κ1) is 114. The summed E-state index contributed by atoms with van der Waals surface area (Å²) in [6.45, 7) is 45.5. The highest BCUT2D eigenvalue weighted by molar-refractivity contribution is 7.88. The number of rotatable bonds is 19. The van der Waals surface area contributed by atoms with E-state index in [0.717, 1.165) is 167 Å². The van der Waals surface area contributed by atoms with Crippen LogP contribution in [0.4, 0.5) is 49.4 Å². The van der Waals surface area contributed by atoms with Crippen LogP contribution in [0.25, 0.3) is 47.8 Å². The molecular weight excluding hydrogens is 1920 g/mol. The van der Waals surface area contributed by atoms with Gasteiger partial charge in [-0.15, -0.1) is 0 Å². The molecule has 26 nitrogen and oxygen atoms in total. The molecule has 4 saturated heterocycles. The third-order valence-electron chi connectivity index (χ3n) is 25.8. The minimum absolute atomic E-state index is 0. The summed E-state index contributed by atoms with van der Waals surface area (Å²) in [5.74, 6) is 0.401. The summed E-state index contributed by atoms with van der Waals surface area (Å²) >= 11 is 0. The summed E-state index contributed by atoms with van der Waals surface area (Å²) in [6, 6.07) is 48.5. The summed E-state index contributed by atoms with van der Waals surface area (Å²) in [5, 5.41) is 5.96. The number of Topliss-reactive ketones (excluding diaryl/α,β-unsaturated/α-hetero) is 1. The number of esters is 2. The van der Waals surface area contributed by atoms with Crippen molar-refractivity contribution in [3.05, 3.63) is 285 Å². The number of fused-ring (bicyclic) bond motifs is 7. The SMILES string of the molecule is C.C.C=CC(=O)OC(=O)C=C.Cc1ccc2c(c1)C(=O)CCC2.Cc1ccc2c(c1)C(OS(=O)(=O)C(F)(F)F)=CCC2.Cc1ccc2cccc(OS(=O)(=O)C(F)(F)F)c2c1.S.S.[C-]#[N+]CC1CCCN(c2nc(OC[C@@H]3CCCN3C)nc3c2CCN(c2cccc4ccc(C)cc24)C3)C1.[C-]#[N+]CC1CN(c2nc(OC[C@@H]3CCCN3C)nc3c2CCN(c2cccc4ccc(C)cc24)C3)CCN1C(=O)C=C. The van der Waals surface area contributed by atoms with E-state index in [2.05, 4.69) is 185 Å². The maximum Gasteiger partial charge on any atom is 0.534 e. The normalized spacial score (nSPS) is 17.5. The van der Waals surface area contributed by atoms with Crippen LogP contribution in [0.5, 0.6) is 17.8 Å². The van der Waals surface area contributed by atoms with E-state index in [0.29, 0.717) is 111 Å². The van der Waals surface area contributed by atoms with Crippen molar-refractivity contribution in [2.24, 2.45) is 5.92 Å². The lowest BCUT2D eigenvalue weighted by Gasteiger charge is -2.41. The predicted molar refractivity (Wildman–Crippen MR) is 561 cm³/mol. The van der Waals surface area contributed by atoms with Crippen LogP contribution < -0.4 is 33.3 Å². The molecule has 0 spiro atoms. The fourth-order valence-corrected chi connectivity index (χ4v) is 19.4. The summed E-state index contributed by atoms with van der Waals surface area (Å²) < 4.78 is 143. The van der Waals surface area contributed by atoms with Crippen molar-refractivity contribution in [1.82, 2.24) is 34.6 Å². The Labute approximate surface area is 849 Å². The Morgan fingerprint density at radius 1 is 0.483 bits per heavy atom. The molecule has 764 valence electrons. The van der Waals surface area contributed by atoms with Crippen LogP contribution in [0.3, 0.4) is 0 Å². The van der Waals surface area contributed by atoms with Crippen molar-refractivity contribution in [2.75, 3.05) is 119 Å². The molecule has 8 heterocycles. The Morgan fingerprint density at radius 2 is 0.937 bits per heavy atom. The second kappa shape index (κ2) is 51.1. The fourth-order valence-electron chi connectivity index (χ4n) is 18.5. The van der Waals surface area contributed by atoms with Gasteiger partial charge in [0.1, 0.15) is 36.7 Å². The molecule has 0 saturated carbocycles. The van der Waals surface area contributed by atoms with Gasteiger partial charge >= 0.3 is 55.2 Å². The first-order valence-electron chi connectivity index (χ1n) is 46.4. The summed E-state index contributed by atoms with van der Waals surface area (Å²) in [5.41, 5.74) is 4.75. The highest BCUT2D eigenvalue weighted by atomic mass is 32.2. The van der Waals surface area contributed by atoms with E-state index in [1.807, 2.05) is 19.1 Å². The average Bonchev–Trinajstić information content (AvgIpc) is 1.53. The number of benzene rings is 8. The number of halogens is 6. The second-order valence-electron chi connectivity index (χ2n) is 35.8. The van der Waals surface area contributed by atoms with Gasteiger partial charge in [0.25, 0.3) is 0 Å². The molecule has 0 N–H and O–H groups in total. The zero-order valence-electron chi connectivity index (χ0n) is 80.1. The molecule has 2 unspecified atom stereocenters. The number of hydrogen-bond acceptors (Lipinski definition) is 23. The number of aromatic nitrogens is 4. The summed E-state index contributed by atoms with van der Waals surface area (Å²) in [7, 11) is -6.96. The number of ether oxygens (including phenoxy) is 3. The molecule has 4 atom stereocenters. The third-order valence-corrected chi connectivity index (χ3v) is 27.7. The molecule has 36 heteroatoms. The van der Waals surface area contributed by atoms with E-state index < -0.39 is 43.2 Å². The lowest BCUT2D eigenvalue weighted by Crippen LogP contribution is -2.56. The van der Waals surface area contributed by atoms with Crippen LogP contribution in [0.15, 0.2) is 190 Å². The molecule has 0 radical (unpaired) electrons. The van der Waals surface area contributed by atoms with Gasteiger partial charge in [0.2, 0.25) is 19.0 Å². The molecule has 143 heavy (non-hydrogen) atoms. The predicted octanol–water partition coefficient (Wildman–Crippen LogP) is 20.2. The average molecular weight is 2050 g/mol. The quantitative estimate of drug-likeness (QED) is 0.0138. The number of carbonyl (C=O) groups excluding carboxylic acids is 4. The van der Waals surface area contributed by atoms with Crippen LogP contribution in [0.2, 0.25) is 0 Å². The van der Waals surface area contributed by atoms with Gasteiger partial charge in [-0.1, -0.05) is 159 Å². The number of hydrogen-bond donors (Lipinski definition) is 0. The summed E-state index contributed by atoms with van der Waals surface area (Å²) in [4.78, 5) is 87.7. The molecule has 2 aliphatic carbocycles. The minimum Gasteiger partial charge on any atom is -0.462 e. The number of piperazine rings is 1. The van der Waals surface area contributed by atoms with Crippen LogP contribution in [-0.4, -0.2) is 204 Å². The van der Waals surface area contributed by atoms with Gasteiger partial charge in [0.15, 0.2) is 11.5 Å². The maximum atomic E-state index is 12.5. The van der Waals surface area contributed by atoms with Crippen molar-refractivity contribution in [3.63, 3.8) is 0 Å². The van der Waals surface area contributed by atoms with Gasteiger partial charge in [-0.3, -0.25) is 9.59 Å². The number of amides is 1. The fraction of sp³-hybridized carbons (Fsp3) is 0.402. The number of likely N-dealkylation sites (tertiary alicyclic amines) is 2. The maximum absolute atomic E-state index is 12.5. The van der Waals surface area contributed by atoms with E-state index in [9.17, 15) is 62.4 Å². The van der Waals surface area contributed by atoms with Crippen molar-refractivity contribution in [1.29, 1.82) is 0 Å². The number of piperidine rings is 1. The number of aryl methyl sites for hydroxylation is 7. The standard InChI is InChI=1S/C33H39N7O2.C31H38N6O.C12H11F3O3S.C12H9F3O3S.C11H12O.C6H6O3.2CH4.2H2S/c1-5-31(41)40-17-16-39(20-26(40)19-34-3)32-27-13-15-38(30-10-6-8-24-12-11-23(2)18-28(24)30)21-29(27)35-33(36-32)42-22-25-9-7-14-37(25)4;1-22-11-12-24-8-4-10-29(27(24)17-22)36-16-13-26-28(20-36)33-31(38-21-25-9-6-14-35(25)3)34-30(26)37-15-5-7-23(19-37)18-32-2;2*1-8-5-6-9-3-2-4-11(10(9)7-8)18-19(16,17)12(13,14)15;1-8-5-6-9-3-2-4-11(12)10(9)7-8;1-3-5(7)9-6(8)4-2;;;;/h5-6,8,10-12,18,25-26H,1,7,9,13-17,19-22H2,2,4H3;4,8,10-12,17,23,25H,5-7,9,13-16,18-21H2,1,3H3;4-7H,2-3H2,1H3;2-7H,1H3;5-7H,2-4H2,1H3;3-4H,1-2H2;2*1H4;2*1H2/t25-,26?;23?,25-;;;;;;;;/m00......../s1. The van der Waals surface area contributed by atoms with E-state index >= 15 is 0 Å². The lowest BCUT2D eigenvalue weighted by atomic mass is 9.90. The van der Waals surface area contributed by atoms with Crippen LogP contribution in [-0.2, 0) is 82.3 Å². The lowest BCUT2D eigenvalue weighted by molar-refractivity contribution is -0.152. The second-order valence-corrected chi connectivity index (χ2v) is 38.9. The van der Waals surface area contributed by atoms with Gasteiger partial charge in [0, 0.05) is 132 Å². The number of allylic oxidation sites excluding steroid dienone is 1. The first-order valence-corrected chi connectivity index (χ1v) is 49.2. The molecule has 6 aliphatic heterocycles. The number of anilines is 4. The smallest absolute Gasteiger partial charge is 0.462 e. The van der Waals surface area contributed by atoms with Crippen LogP contribution in [0, 0.1) is 53.7 Å². The van der Waals surface area contributed by atoms with E-state index in [-0.39, 0.29) is 71.8 Å². The molecule has 4 fully saturated rings. The number of likely N-dealkylation sites (N-methyl/N-ethyl adjacent to an activating group) is 2. The Hall–Kier alpha value is -12.6. The van der Waals surface area contributed by atoms with Gasteiger partial charge in [-0.25, -0.2) is 22.7 Å². The molecule has 10 aromatic rings. The first-order chi connectivity index (χ1) is 66.4. The van der Waals surface area contributed by atoms with Crippen molar-refractivity contribution in [2.45, 2.75) is 175 Å². The van der Waals surface area contributed by atoms with E-state index in [4.69, 9.17) is 42.6 Å². The van der Waals surface area contributed by atoms with Crippen molar-refractivity contribution in [3.8, 4) is 17.8 Å². The number of alkyl halides is 6. The van der Waals surface area contributed by atoms with Crippen molar-refractivity contribution >= 4 is 132 Å². The number of ketones is 1. The minimum atomic E-state index is -5.66. The largest absolute Gasteiger partial charge is 0.534 e. The Balaban J connectivity index is 0.000000205. The zero-order valence-corrected chi connectivity index (χ0v) is 83.7. The molecule has 8 aromatic carbocycles. The third kappa shape index (κ3) is 28.9. The molecular formula is C107H127F6N13O13S4. The van der Waals surface area contributed by atoms with E-state index in [1.165, 1.54) is 97.9 Å². The summed E-state index contributed by atoms with van der Waals surface area (Å²) in [6.07, 6.45) is 17.0. The highest BCUT2D eigenvalue weighted by Crippen LogP contribution is 2.42. The Morgan fingerprint density at radius 3 is 1.42 bits per heavy atom. The molecule has 0 bridgehead atoms. The molecule has 18 rings (SSSR count). The molecule has 8 aliphatic rings. The molecule has 1 amide bonds. The monoisotopic (exact) mass is 2040 g/mol. The zero-order chi connectivity index (χ0) is 99.6. The van der Waals surface area contributed by atoms with Crippen LogP contribution >= 0.6 is 27.0 Å². The molecule has 2 aromatic heterocycles. The van der Waals surface area contributed by atoms with Gasteiger partial charge in [-0.2, -0.15) is 90.1 Å². The Kier molecular flexibility index (Phi) is 40.7. The van der Waals surface area contributed by atoms with Crippen molar-refractivity contribution < 1.29 is 84.9 Å². The van der Waals surface area contributed by atoms with Gasteiger partial charge < -0.3 is 66.6 Å².